The SMILES string of the molecule is Cc1cc(COc2ccc3cc(Br)ccc3c2)no1. The van der Waals surface area contributed by atoms with Crippen LogP contribution in [0.3, 0.4) is 0 Å². The Kier molecular flexibility index (Phi) is 3.25. The van der Waals surface area contributed by atoms with Gasteiger partial charge in [-0.15, -0.1) is 0 Å². The van der Waals surface area contributed by atoms with E-state index in [1.54, 1.807) is 0 Å². The number of halogens is 1. The zero-order chi connectivity index (χ0) is 13.2. The summed E-state index contributed by atoms with van der Waals surface area (Å²) in [5, 5.41) is 6.23. The van der Waals surface area contributed by atoms with E-state index in [0.717, 1.165) is 27.1 Å². The van der Waals surface area contributed by atoms with Gasteiger partial charge in [0.05, 0.1) is 0 Å². The minimum Gasteiger partial charge on any atom is -0.487 e. The van der Waals surface area contributed by atoms with Gasteiger partial charge in [0.2, 0.25) is 0 Å². The van der Waals surface area contributed by atoms with E-state index in [1.807, 2.05) is 37.3 Å². The highest BCUT2D eigenvalue weighted by Gasteiger charge is 2.02. The summed E-state index contributed by atoms with van der Waals surface area (Å²) in [5.74, 6) is 1.62. The van der Waals surface area contributed by atoms with Gasteiger partial charge in [-0.05, 0) is 42.0 Å². The molecule has 1 heterocycles. The van der Waals surface area contributed by atoms with Crippen LogP contribution in [0.1, 0.15) is 11.5 Å². The summed E-state index contributed by atoms with van der Waals surface area (Å²) in [5.41, 5.74) is 0.799. The predicted octanol–water partition coefficient (Wildman–Crippen LogP) is 4.48. The van der Waals surface area contributed by atoms with E-state index in [4.69, 9.17) is 9.26 Å². The molecule has 4 heteroatoms. The molecule has 0 bridgehead atoms. The molecule has 1 aromatic heterocycles. The van der Waals surface area contributed by atoms with Crippen LogP contribution >= 0.6 is 15.9 Å². The number of fused-ring (bicyclic) bond motifs is 1. The van der Waals surface area contributed by atoms with Gasteiger partial charge in [-0.1, -0.05) is 33.2 Å². The zero-order valence-corrected chi connectivity index (χ0v) is 12.0. The third-order valence-corrected chi connectivity index (χ3v) is 3.33. The summed E-state index contributed by atoms with van der Waals surface area (Å²) < 4.78 is 11.8. The van der Waals surface area contributed by atoms with Crippen LogP contribution in [0.2, 0.25) is 0 Å². The third kappa shape index (κ3) is 2.79. The second kappa shape index (κ2) is 5.05. The Hall–Kier alpha value is -1.81. The topological polar surface area (TPSA) is 35.3 Å². The molecule has 0 aliphatic heterocycles. The summed E-state index contributed by atoms with van der Waals surface area (Å²) in [6.45, 7) is 2.28. The van der Waals surface area contributed by atoms with Crippen molar-refractivity contribution in [1.29, 1.82) is 0 Å². The molecular formula is C15H12BrNO2. The van der Waals surface area contributed by atoms with Gasteiger partial charge in [0.1, 0.15) is 23.8 Å². The average Bonchev–Trinajstić information content (AvgIpc) is 2.82. The second-order valence-corrected chi connectivity index (χ2v) is 5.29. The molecule has 0 atom stereocenters. The molecule has 0 aliphatic rings. The predicted molar refractivity (Wildman–Crippen MR) is 77.2 cm³/mol. The van der Waals surface area contributed by atoms with Crippen LogP contribution < -0.4 is 4.74 Å². The smallest absolute Gasteiger partial charge is 0.134 e. The van der Waals surface area contributed by atoms with Crippen LogP contribution in [-0.2, 0) is 6.61 Å². The minimum atomic E-state index is 0.416. The first kappa shape index (κ1) is 12.2. The lowest BCUT2D eigenvalue weighted by molar-refractivity contribution is 0.288. The van der Waals surface area contributed by atoms with Crippen LogP contribution in [-0.4, -0.2) is 5.16 Å². The van der Waals surface area contributed by atoms with Crippen molar-refractivity contribution in [2.45, 2.75) is 13.5 Å². The molecule has 2 aromatic carbocycles. The number of ether oxygens (including phenoxy) is 1. The summed E-state index contributed by atoms with van der Waals surface area (Å²) in [6, 6.07) is 14.1. The fourth-order valence-electron chi connectivity index (χ4n) is 1.93. The zero-order valence-electron chi connectivity index (χ0n) is 10.4. The van der Waals surface area contributed by atoms with Crippen molar-refractivity contribution in [3.63, 3.8) is 0 Å². The Morgan fingerprint density at radius 3 is 2.68 bits per heavy atom. The fourth-order valence-corrected chi connectivity index (χ4v) is 2.31. The normalized spacial score (nSPS) is 10.8. The highest BCUT2D eigenvalue weighted by Crippen LogP contribution is 2.24. The van der Waals surface area contributed by atoms with Gasteiger partial charge < -0.3 is 9.26 Å². The van der Waals surface area contributed by atoms with Gasteiger partial charge in [0.15, 0.2) is 0 Å². The standard InChI is InChI=1S/C15H12BrNO2/c1-10-6-14(17-19-10)9-18-15-5-3-11-7-13(16)4-2-12(11)8-15/h2-8H,9H2,1H3. The molecule has 0 saturated heterocycles. The molecule has 0 N–H and O–H groups in total. The summed E-state index contributed by atoms with van der Waals surface area (Å²) in [4.78, 5) is 0. The maximum Gasteiger partial charge on any atom is 0.134 e. The molecule has 0 radical (unpaired) electrons. The first-order chi connectivity index (χ1) is 9.20. The molecule has 3 aromatic rings. The van der Waals surface area contributed by atoms with E-state index in [-0.39, 0.29) is 0 Å². The first-order valence-electron chi connectivity index (χ1n) is 5.95. The quantitative estimate of drug-likeness (QED) is 0.714. The monoisotopic (exact) mass is 317 g/mol. The van der Waals surface area contributed by atoms with Crippen molar-refractivity contribution in [1.82, 2.24) is 5.16 Å². The van der Waals surface area contributed by atoms with E-state index in [0.29, 0.717) is 6.61 Å². The first-order valence-corrected chi connectivity index (χ1v) is 6.74. The molecule has 19 heavy (non-hydrogen) atoms. The Morgan fingerprint density at radius 2 is 1.89 bits per heavy atom. The van der Waals surface area contributed by atoms with E-state index < -0.39 is 0 Å². The van der Waals surface area contributed by atoms with Crippen LogP contribution in [0.4, 0.5) is 0 Å². The molecule has 0 amide bonds. The van der Waals surface area contributed by atoms with Crippen molar-refractivity contribution in [3.8, 4) is 5.75 Å². The Labute approximate surface area is 119 Å². The third-order valence-electron chi connectivity index (χ3n) is 2.84. The number of aryl methyl sites for hydroxylation is 1. The minimum absolute atomic E-state index is 0.416. The molecule has 3 rings (SSSR count). The number of hydrogen-bond donors (Lipinski definition) is 0. The van der Waals surface area contributed by atoms with Gasteiger partial charge in [0.25, 0.3) is 0 Å². The highest BCUT2D eigenvalue weighted by atomic mass is 79.9. The number of hydrogen-bond acceptors (Lipinski definition) is 3. The molecule has 0 spiro atoms. The second-order valence-electron chi connectivity index (χ2n) is 4.37. The van der Waals surface area contributed by atoms with Crippen LogP contribution in [0.25, 0.3) is 10.8 Å². The van der Waals surface area contributed by atoms with Crippen molar-refractivity contribution in [2.75, 3.05) is 0 Å². The number of benzene rings is 2. The Bertz CT molecular complexity index is 721. The average molecular weight is 318 g/mol. The van der Waals surface area contributed by atoms with Gasteiger partial charge in [-0.2, -0.15) is 0 Å². The van der Waals surface area contributed by atoms with Crippen LogP contribution in [0.15, 0.2) is 51.5 Å². The summed E-state index contributed by atoms with van der Waals surface area (Å²) in [6.07, 6.45) is 0. The van der Waals surface area contributed by atoms with Crippen molar-refractivity contribution >= 4 is 26.7 Å². The lowest BCUT2D eigenvalue weighted by Gasteiger charge is -2.05. The summed E-state index contributed by atoms with van der Waals surface area (Å²) in [7, 11) is 0. The van der Waals surface area contributed by atoms with Gasteiger partial charge >= 0.3 is 0 Å². The lowest BCUT2D eigenvalue weighted by atomic mass is 10.1. The Morgan fingerprint density at radius 1 is 1.11 bits per heavy atom. The molecule has 0 aliphatic carbocycles. The molecule has 0 fully saturated rings. The van der Waals surface area contributed by atoms with E-state index in [1.165, 1.54) is 5.39 Å². The number of aromatic nitrogens is 1. The molecule has 0 saturated carbocycles. The maximum atomic E-state index is 5.71. The summed E-state index contributed by atoms with van der Waals surface area (Å²) >= 11 is 3.46. The van der Waals surface area contributed by atoms with Crippen molar-refractivity contribution in [2.24, 2.45) is 0 Å². The van der Waals surface area contributed by atoms with E-state index in [9.17, 15) is 0 Å². The number of rotatable bonds is 3. The fraction of sp³-hybridized carbons (Fsp3) is 0.133. The number of nitrogens with zero attached hydrogens (tertiary/aromatic N) is 1. The lowest BCUT2D eigenvalue weighted by Crippen LogP contribution is -1.95. The van der Waals surface area contributed by atoms with Gasteiger partial charge in [-0.25, -0.2) is 0 Å². The Balaban J connectivity index is 1.79. The molecule has 96 valence electrons. The maximum absolute atomic E-state index is 5.71. The molecular weight excluding hydrogens is 306 g/mol. The molecule has 0 unspecified atom stereocenters. The van der Waals surface area contributed by atoms with Gasteiger partial charge in [0, 0.05) is 10.5 Å². The van der Waals surface area contributed by atoms with E-state index in [2.05, 4.69) is 33.2 Å². The van der Waals surface area contributed by atoms with Crippen molar-refractivity contribution in [3.05, 3.63) is 58.4 Å². The van der Waals surface area contributed by atoms with Gasteiger partial charge in [-0.3, -0.25) is 0 Å². The van der Waals surface area contributed by atoms with E-state index >= 15 is 0 Å². The highest BCUT2D eigenvalue weighted by molar-refractivity contribution is 9.10. The van der Waals surface area contributed by atoms with Crippen LogP contribution in [0, 0.1) is 6.92 Å². The largest absolute Gasteiger partial charge is 0.487 e. The van der Waals surface area contributed by atoms with Crippen LogP contribution in [0.5, 0.6) is 5.75 Å². The van der Waals surface area contributed by atoms with Crippen molar-refractivity contribution < 1.29 is 9.26 Å². The molecule has 3 nitrogen and oxygen atoms in total.